The molecule has 0 aliphatic carbocycles. The van der Waals surface area contributed by atoms with Crippen LogP contribution in [0.4, 0.5) is 17.6 Å². The zero-order valence-electron chi connectivity index (χ0n) is 12.0. The van der Waals surface area contributed by atoms with Gasteiger partial charge in [-0.05, 0) is 17.7 Å². The first-order valence-corrected chi connectivity index (χ1v) is 6.48. The van der Waals surface area contributed by atoms with Gasteiger partial charge in [-0.2, -0.15) is 13.2 Å². The molecule has 0 spiro atoms. The molecular formula is C14H18F4N2O. The minimum Gasteiger partial charge on any atom is -0.359 e. The van der Waals surface area contributed by atoms with E-state index in [9.17, 15) is 22.4 Å². The first-order valence-electron chi connectivity index (χ1n) is 6.48. The molecule has 21 heavy (non-hydrogen) atoms. The van der Waals surface area contributed by atoms with Gasteiger partial charge >= 0.3 is 6.18 Å². The molecule has 1 aromatic rings. The van der Waals surface area contributed by atoms with Crippen LogP contribution in [0.3, 0.4) is 0 Å². The summed E-state index contributed by atoms with van der Waals surface area (Å²) in [6, 6.07) is 2.66. The number of carbonyl (C=O) groups excluding carboxylic acids is 1. The molecule has 0 aromatic heterocycles. The van der Waals surface area contributed by atoms with Crippen molar-refractivity contribution < 1.29 is 22.4 Å². The average Bonchev–Trinajstić information content (AvgIpc) is 2.36. The minimum atomic E-state index is -4.75. The number of likely N-dealkylation sites (N-methyl/N-ethyl adjacent to an activating group) is 1. The largest absolute Gasteiger partial charge is 0.419 e. The first kappa shape index (κ1) is 17.4. The Labute approximate surface area is 120 Å². The molecule has 0 bridgehead atoms. The van der Waals surface area contributed by atoms with Crippen LogP contribution < -0.4 is 10.6 Å². The van der Waals surface area contributed by atoms with Gasteiger partial charge in [0.05, 0.1) is 11.5 Å². The number of benzene rings is 1. The third-order valence-electron chi connectivity index (χ3n) is 2.99. The normalized spacial score (nSPS) is 13.3. The molecule has 0 heterocycles. The van der Waals surface area contributed by atoms with Crippen LogP contribution >= 0.6 is 0 Å². The molecule has 1 atom stereocenters. The number of rotatable bonds is 5. The van der Waals surface area contributed by atoms with Crippen molar-refractivity contribution in [2.24, 2.45) is 0 Å². The molecular weight excluding hydrogens is 288 g/mol. The summed E-state index contributed by atoms with van der Waals surface area (Å²) in [6.07, 6.45) is -4.75. The second kappa shape index (κ2) is 6.89. The fourth-order valence-corrected chi connectivity index (χ4v) is 1.87. The van der Waals surface area contributed by atoms with Crippen molar-refractivity contribution in [3.63, 3.8) is 0 Å². The Bertz CT molecular complexity index is 500. The summed E-state index contributed by atoms with van der Waals surface area (Å²) in [7, 11) is 1.42. The molecule has 0 saturated heterocycles. The van der Waals surface area contributed by atoms with Gasteiger partial charge < -0.3 is 10.6 Å². The second-order valence-electron chi connectivity index (χ2n) is 4.97. The summed E-state index contributed by atoms with van der Waals surface area (Å²) < 4.78 is 51.2. The fraction of sp³-hybridized carbons (Fsp3) is 0.500. The summed E-state index contributed by atoms with van der Waals surface area (Å²) in [5, 5.41) is 5.45. The topological polar surface area (TPSA) is 41.1 Å². The van der Waals surface area contributed by atoms with Crippen molar-refractivity contribution >= 4 is 5.91 Å². The predicted octanol–water partition coefficient (Wildman–Crippen LogP) is 2.67. The van der Waals surface area contributed by atoms with Crippen LogP contribution in [0.2, 0.25) is 0 Å². The number of hydrogen-bond acceptors (Lipinski definition) is 2. The molecule has 7 heteroatoms. The monoisotopic (exact) mass is 306 g/mol. The molecule has 1 rings (SSSR count). The third-order valence-corrected chi connectivity index (χ3v) is 2.99. The van der Waals surface area contributed by atoms with Gasteiger partial charge in [-0.1, -0.05) is 19.9 Å². The summed E-state index contributed by atoms with van der Waals surface area (Å²) >= 11 is 0. The van der Waals surface area contributed by atoms with Crippen LogP contribution in [0.5, 0.6) is 0 Å². The minimum absolute atomic E-state index is 0.0939. The van der Waals surface area contributed by atoms with Crippen LogP contribution in [0.25, 0.3) is 0 Å². The second-order valence-corrected chi connectivity index (χ2v) is 4.97. The Balaban J connectivity index is 3.08. The molecule has 0 unspecified atom stereocenters. The van der Waals surface area contributed by atoms with Crippen molar-refractivity contribution in [3.05, 3.63) is 35.1 Å². The van der Waals surface area contributed by atoms with Gasteiger partial charge in [0, 0.05) is 19.6 Å². The quantitative estimate of drug-likeness (QED) is 0.821. The van der Waals surface area contributed by atoms with E-state index in [-0.39, 0.29) is 24.1 Å². The smallest absolute Gasteiger partial charge is 0.359 e. The van der Waals surface area contributed by atoms with Crippen molar-refractivity contribution in [1.82, 2.24) is 10.6 Å². The third kappa shape index (κ3) is 4.70. The lowest BCUT2D eigenvalue weighted by Gasteiger charge is -2.19. The first-order chi connectivity index (χ1) is 9.66. The molecule has 0 saturated carbocycles. The van der Waals surface area contributed by atoms with E-state index in [2.05, 4.69) is 10.6 Å². The van der Waals surface area contributed by atoms with E-state index in [0.717, 1.165) is 12.1 Å². The van der Waals surface area contributed by atoms with E-state index in [1.54, 1.807) is 0 Å². The van der Waals surface area contributed by atoms with Gasteiger partial charge in [-0.3, -0.25) is 4.79 Å². The highest BCUT2D eigenvalue weighted by Crippen LogP contribution is 2.32. The van der Waals surface area contributed by atoms with E-state index in [1.165, 1.54) is 7.05 Å². The van der Waals surface area contributed by atoms with E-state index in [1.807, 2.05) is 13.8 Å². The summed E-state index contributed by atoms with van der Waals surface area (Å²) in [6.45, 7) is 3.95. The maximum absolute atomic E-state index is 13.6. The van der Waals surface area contributed by atoms with Crippen LogP contribution in [-0.4, -0.2) is 25.5 Å². The molecule has 0 fully saturated rings. The van der Waals surface area contributed by atoms with Crippen LogP contribution in [0.15, 0.2) is 18.2 Å². The Hall–Kier alpha value is -1.63. The van der Waals surface area contributed by atoms with E-state index in [4.69, 9.17) is 0 Å². The molecule has 1 aromatic carbocycles. The van der Waals surface area contributed by atoms with Crippen LogP contribution in [0, 0.1) is 5.82 Å². The number of halogens is 4. The van der Waals surface area contributed by atoms with E-state index in [0.29, 0.717) is 6.07 Å². The molecule has 3 nitrogen and oxygen atoms in total. The number of alkyl halides is 3. The Morgan fingerprint density at radius 3 is 2.33 bits per heavy atom. The maximum Gasteiger partial charge on any atom is 0.419 e. The Morgan fingerprint density at radius 2 is 1.90 bits per heavy atom. The van der Waals surface area contributed by atoms with Gasteiger partial charge in [0.2, 0.25) is 5.91 Å². The van der Waals surface area contributed by atoms with Gasteiger partial charge in [0.25, 0.3) is 0 Å². The van der Waals surface area contributed by atoms with Gasteiger partial charge in [-0.25, -0.2) is 4.39 Å². The summed E-state index contributed by atoms with van der Waals surface area (Å²) in [4.78, 5) is 11.8. The highest BCUT2D eigenvalue weighted by Gasteiger charge is 2.34. The molecule has 2 N–H and O–H groups in total. The molecule has 0 aliphatic heterocycles. The van der Waals surface area contributed by atoms with Gasteiger partial charge in [0.15, 0.2) is 0 Å². The maximum atomic E-state index is 13.6. The van der Waals surface area contributed by atoms with Gasteiger partial charge in [-0.15, -0.1) is 0 Å². The molecule has 1 amide bonds. The lowest BCUT2D eigenvalue weighted by Crippen LogP contribution is -2.36. The molecule has 0 radical (unpaired) electrons. The Morgan fingerprint density at radius 1 is 1.29 bits per heavy atom. The number of hydrogen-bond donors (Lipinski definition) is 2. The lowest BCUT2D eigenvalue weighted by atomic mass is 9.96. The average molecular weight is 306 g/mol. The SMILES string of the molecule is CNC(=O)[C@H](CNC(C)C)c1ccc(C(F)(F)F)c(F)c1. The molecule has 0 aliphatic rings. The number of amides is 1. The van der Waals surface area contributed by atoms with Crippen LogP contribution in [-0.2, 0) is 11.0 Å². The zero-order chi connectivity index (χ0) is 16.2. The predicted molar refractivity (Wildman–Crippen MR) is 71.3 cm³/mol. The number of carbonyl (C=O) groups is 1. The van der Waals surface area contributed by atoms with Crippen molar-refractivity contribution in [2.75, 3.05) is 13.6 Å². The standard InChI is InChI=1S/C14H18F4N2O/c1-8(2)20-7-10(13(21)19-3)9-4-5-11(12(15)6-9)14(16,17)18/h4-6,8,10,20H,7H2,1-3H3,(H,19,21)/t10-/m1/s1. The fourth-order valence-electron chi connectivity index (χ4n) is 1.87. The van der Waals surface area contributed by atoms with Crippen LogP contribution in [0.1, 0.15) is 30.9 Å². The number of nitrogens with one attached hydrogen (secondary N) is 2. The molecule has 118 valence electrons. The highest BCUT2D eigenvalue weighted by atomic mass is 19.4. The lowest BCUT2D eigenvalue weighted by molar-refractivity contribution is -0.140. The Kier molecular flexibility index (Phi) is 5.71. The van der Waals surface area contributed by atoms with Crippen molar-refractivity contribution in [1.29, 1.82) is 0 Å². The zero-order valence-corrected chi connectivity index (χ0v) is 12.0. The summed E-state index contributed by atoms with van der Waals surface area (Å²) in [5.41, 5.74) is -1.13. The summed E-state index contributed by atoms with van der Waals surface area (Å²) in [5.74, 6) is -2.52. The van der Waals surface area contributed by atoms with E-state index >= 15 is 0 Å². The van der Waals surface area contributed by atoms with Crippen molar-refractivity contribution in [3.8, 4) is 0 Å². The highest BCUT2D eigenvalue weighted by molar-refractivity contribution is 5.83. The van der Waals surface area contributed by atoms with E-state index < -0.39 is 23.5 Å². The van der Waals surface area contributed by atoms with Gasteiger partial charge in [0.1, 0.15) is 5.82 Å². The van der Waals surface area contributed by atoms with Crippen molar-refractivity contribution in [2.45, 2.75) is 32.0 Å².